The van der Waals surface area contributed by atoms with Crippen LogP contribution >= 0.6 is 11.6 Å². The summed E-state index contributed by atoms with van der Waals surface area (Å²) in [6.07, 6.45) is 1.63. The average Bonchev–Trinajstić information content (AvgIpc) is 2.55. The number of methoxy groups -OCH3 is 1. The fourth-order valence-corrected chi connectivity index (χ4v) is 1.66. The van der Waals surface area contributed by atoms with Gasteiger partial charge in [-0.25, -0.2) is 9.78 Å². The molecule has 0 aromatic carbocycles. The van der Waals surface area contributed by atoms with Crippen LogP contribution in [-0.2, 0) is 11.8 Å². The lowest BCUT2D eigenvalue weighted by atomic mass is 10.3. The molecule has 15 heavy (non-hydrogen) atoms. The second-order valence-electron chi connectivity index (χ2n) is 3.15. The summed E-state index contributed by atoms with van der Waals surface area (Å²) in [5, 5.41) is 1.27. The van der Waals surface area contributed by atoms with Gasteiger partial charge < -0.3 is 9.30 Å². The number of aromatic nitrogens is 2. The summed E-state index contributed by atoms with van der Waals surface area (Å²) in [5.41, 5.74) is 1.34. The number of aryl methyl sites for hydroxylation is 1. The summed E-state index contributed by atoms with van der Waals surface area (Å²) < 4.78 is 6.39. The lowest BCUT2D eigenvalue weighted by Crippen LogP contribution is -2.06. The molecular weight excluding hydrogens is 216 g/mol. The zero-order valence-electron chi connectivity index (χ0n) is 8.32. The molecule has 4 nitrogen and oxygen atoms in total. The van der Waals surface area contributed by atoms with Crippen molar-refractivity contribution in [2.24, 2.45) is 7.05 Å². The van der Waals surface area contributed by atoms with E-state index in [4.69, 9.17) is 11.6 Å². The number of nitrogens with zero attached hydrogens (tertiary/aromatic N) is 2. The van der Waals surface area contributed by atoms with E-state index in [2.05, 4.69) is 9.72 Å². The topological polar surface area (TPSA) is 44.1 Å². The number of carbonyl (C=O) groups excluding carboxylic acids is 1. The molecule has 2 aromatic heterocycles. The Kier molecular flexibility index (Phi) is 2.36. The molecule has 0 spiro atoms. The molecule has 2 rings (SSSR count). The van der Waals surface area contributed by atoms with Gasteiger partial charge in [0.1, 0.15) is 10.8 Å². The second-order valence-corrected chi connectivity index (χ2v) is 3.53. The van der Waals surface area contributed by atoms with Crippen LogP contribution in [-0.4, -0.2) is 22.6 Å². The molecule has 0 atom stereocenters. The third kappa shape index (κ3) is 1.57. The molecule has 0 aliphatic rings. The highest BCUT2D eigenvalue weighted by molar-refractivity contribution is 6.30. The normalized spacial score (nSPS) is 10.6. The van der Waals surface area contributed by atoms with Gasteiger partial charge in [0.25, 0.3) is 0 Å². The Labute approximate surface area is 91.4 Å². The van der Waals surface area contributed by atoms with Gasteiger partial charge in [-0.05, 0) is 12.1 Å². The number of esters is 1. The fourth-order valence-electron chi connectivity index (χ4n) is 1.51. The Morgan fingerprint density at radius 3 is 2.93 bits per heavy atom. The predicted molar refractivity (Wildman–Crippen MR) is 57.1 cm³/mol. The van der Waals surface area contributed by atoms with Crippen molar-refractivity contribution in [2.45, 2.75) is 0 Å². The maximum atomic E-state index is 11.4. The van der Waals surface area contributed by atoms with Crippen molar-refractivity contribution >= 4 is 28.5 Å². The van der Waals surface area contributed by atoms with Crippen LogP contribution in [0, 0.1) is 0 Å². The number of hydrogen-bond donors (Lipinski definition) is 0. The van der Waals surface area contributed by atoms with Crippen LogP contribution in [0.4, 0.5) is 0 Å². The molecule has 0 unspecified atom stereocenters. The Hall–Kier alpha value is -1.55. The van der Waals surface area contributed by atoms with Gasteiger partial charge in [-0.3, -0.25) is 0 Å². The number of pyridine rings is 1. The standard InChI is InChI=1S/C10H9ClN2O2/c1-13-7-4-9(11)12-5-6(7)3-8(13)10(14)15-2/h3-5H,1-2H3. The number of rotatable bonds is 1. The van der Waals surface area contributed by atoms with Crippen LogP contribution in [0.2, 0.25) is 5.15 Å². The fraction of sp³-hybridized carbons (Fsp3) is 0.200. The van der Waals surface area contributed by atoms with Crippen LogP contribution < -0.4 is 0 Å². The molecule has 0 aliphatic carbocycles. The Bertz CT molecular complexity index is 533. The largest absolute Gasteiger partial charge is 0.464 e. The lowest BCUT2D eigenvalue weighted by molar-refractivity contribution is 0.0590. The molecule has 78 valence electrons. The average molecular weight is 225 g/mol. The molecule has 5 heteroatoms. The zero-order chi connectivity index (χ0) is 11.0. The molecular formula is C10H9ClN2O2. The van der Waals surface area contributed by atoms with Crippen LogP contribution in [0.3, 0.4) is 0 Å². The highest BCUT2D eigenvalue weighted by Crippen LogP contribution is 2.20. The predicted octanol–water partition coefficient (Wildman–Crippen LogP) is 2.01. The minimum atomic E-state index is -0.371. The number of ether oxygens (including phenoxy) is 1. The lowest BCUT2D eigenvalue weighted by Gasteiger charge is -2.01. The Morgan fingerprint density at radius 1 is 1.53 bits per heavy atom. The van der Waals surface area contributed by atoms with Crippen molar-refractivity contribution in [1.82, 2.24) is 9.55 Å². The third-order valence-corrected chi connectivity index (χ3v) is 2.49. The van der Waals surface area contributed by atoms with E-state index in [0.717, 1.165) is 10.9 Å². The highest BCUT2D eigenvalue weighted by atomic mass is 35.5. The number of hydrogen-bond acceptors (Lipinski definition) is 3. The van der Waals surface area contributed by atoms with Crippen molar-refractivity contribution in [2.75, 3.05) is 7.11 Å². The summed E-state index contributed by atoms with van der Waals surface area (Å²) in [5.74, 6) is -0.371. The number of fused-ring (bicyclic) bond motifs is 1. The molecule has 2 heterocycles. The minimum Gasteiger partial charge on any atom is -0.464 e. The molecule has 0 amide bonds. The first-order valence-electron chi connectivity index (χ1n) is 4.33. The molecule has 0 saturated carbocycles. The second kappa shape index (κ2) is 3.55. The van der Waals surface area contributed by atoms with Gasteiger partial charge in [0.05, 0.1) is 12.6 Å². The van der Waals surface area contributed by atoms with E-state index in [9.17, 15) is 4.79 Å². The number of carbonyl (C=O) groups is 1. The Balaban J connectivity index is 2.69. The van der Waals surface area contributed by atoms with Gasteiger partial charge in [-0.1, -0.05) is 11.6 Å². The first kappa shape index (κ1) is 9.98. The van der Waals surface area contributed by atoms with Crippen molar-refractivity contribution in [3.05, 3.63) is 29.2 Å². The van der Waals surface area contributed by atoms with Crippen LogP contribution in [0.1, 0.15) is 10.5 Å². The molecule has 0 aliphatic heterocycles. The molecule has 2 aromatic rings. The van der Waals surface area contributed by atoms with Gasteiger partial charge in [-0.15, -0.1) is 0 Å². The highest BCUT2D eigenvalue weighted by Gasteiger charge is 2.13. The number of halogens is 1. The van der Waals surface area contributed by atoms with Gasteiger partial charge in [0, 0.05) is 18.6 Å². The summed E-state index contributed by atoms with van der Waals surface area (Å²) in [7, 11) is 3.14. The summed E-state index contributed by atoms with van der Waals surface area (Å²) in [6, 6.07) is 3.44. The summed E-state index contributed by atoms with van der Waals surface area (Å²) in [6.45, 7) is 0. The summed E-state index contributed by atoms with van der Waals surface area (Å²) >= 11 is 5.77. The minimum absolute atomic E-state index is 0.371. The van der Waals surface area contributed by atoms with E-state index in [0.29, 0.717) is 10.8 Å². The van der Waals surface area contributed by atoms with E-state index < -0.39 is 0 Å². The van der Waals surface area contributed by atoms with E-state index in [-0.39, 0.29) is 5.97 Å². The molecule has 0 bridgehead atoms. The maximum Gasteiger partial charge on any atom is 0.354 e. The van der Waals surface area contributed by atoms with Crippen LogP contribution in [0.15, 0.2) is 18.3 Å². The zero-order valence-corrected chi connectivity index (χ0v) is 9.08. The third-order valence-electron chi connectivity index (χ3n) is 2.29. The Morgan fingerprint density at radius 2 is 2.27 bits per heavy atom. The molecule has 0 N–H and O–H groups in total. The van der Waals surface area contributed by atoms with Crippen molar-refractivity contribution in [3.8, 4) is 0 Å². The van der Waals surface area contributed by atoms with Gasteiger partial charge in [-0.2, -0.15) is 0 Å². The van der Waals surface area contributed by atoms with Gasteiger partial charge in [0.15, 0.2) is 0 Å². The van der Waals surface area contributed by atoms with Gasteiger partial charge in [0.2, 0.25) is 0 Å². The van der Waals surface area contributed by atoms with Crippen LogP contribution in [0.5, 0.6) is 0 Å². The first-order valence-corrected chi connectivity index (χ1v) is 4.70. The van der Waals surface area contributed by atoms with E-state index >= 15 is 0 Å². The van der Waals surface area contributed by atoms with Crippen molar-refractivity contribution in [1.29, 1.82) is 0 Å². The van der Waals surface area contributed by atoms with Gasteiger partial charge >= 0.3 is 5.97 Å². The molecule has 0 fully saturated rings. The monoisotopic (exact) mass is 224 g/mol. The maximum absolute atomic E-state index is 11.4. The van der Waals surface area contributed by atoms with E-state index in [1.54, 1.807) is 29.9 Å². The van der Waals surface area contributed by atoms with Crippen molar-refractivity contribution < 1.29 is 9.53 Å². The smallest absolute Gasteiger partial charge is 0.354 e. The summed E-state index contributed by atoms with van der Waals surface area (Å²) in [4.78, 5) is 15.3. The molecule has 0 radical (unpaired) electrons. The van der Waals surface area contributed by atoms with Crippen LogP contribution in [0.25, 0.3) is 10.9 Å². The van der Waals surface area contributed by atoms with Crippen molar-refractivity contribution in [3.63, 3.8) is 0 Å². The SMILES string of the molecule is COC(=O)c1cc2cnc(Cl)cc2n1C. The van der Waals surface area contributed by atoms with E-state index in [1.807, 2.05) is 0 Å². The quantitative estimate of drug-likeness (QED) is 0.550. The molecule has 0 saturated heterocycles. The van der Waals surface area contributed by atoms with E-state index in [1.165, 1.54) is 7.11 Å². The first-order chi connectivity index (χ1) is 7.13.